The Morgan fingerprint density at radius 2 is 2.00 bits per heavy atom. The van der Waals surface area contributed by atoms with Crippen LogP contribution in [0.4, 0.5) is 5.69 Å². The predicted molar refractivity (Wildman–Crippen MR) is 79.5 cm³/mol. The Hall–Kier alpha value is -2.04. The van der Waals surface area contributed by atoms with Crippen LogP contribution >= 0.6 is 0 Å². The molecular formula is C16H20N2O3. The Bertz CT molecular complexity index is 589. The summed E-state index contributed by atoms with van der Waals surface area (Å²) in [4.78, 5) is 25.6. The number of amides is 1. The van der Waals surface area contributed by atoms with E-state index in [0.29, 0.717) is 31.5 Å². The molecular weight excluding hydrogens is 268 g/mol. The number of carboxylic acid groups (broad SMARTS) is 1. The highest BCUT2D eigenvalue weighted by Gasteiger charge is 2.38. The number of carboxylic acids is 1. The molecule has 0 aromatic heterocycles. The van der Waals surface area contributed by atoms with Crippen molar-refractivity contribution in [3.05, 3.63) is 29.3 Å². The molecule has 5 nitrogen and oxygen atoms in total. The fourth-order valence-corrected chi connectivity index (χ4v) is 3.04. The number of nitrogens with zero attached hydrogens (tertiary/aromatic N) is 1. The molecule has 112 valence electrons. The maximum atomic E-state index is 12.5. The van der Waals surface area contributed by atoms with Crippen molar-refractivity contribution in [1.82, 2.24) is 4.90 Å². The van der Waals surface area contributed by atoms with Crippen LogP contribution in [0.1, 0.15) is 35.7 Å². The topological polar surface area (TPSA) is 69.6 Å². The summed E-state index contributed by atoms with van der Waals surface area (Å²) in [5.41, 5.74) is 2.31. The zero-order valence-corrected chi connectivity index (χ0v) is 12.2. The molecule has 1 amide bonds. The average Bonchev–Trinajstić information content (AvgIpc) is 2.94. The standard InChI is InChI=1S/C16H20N2O3/c1-16(15(20)21)5-8-18(9-6-16)14(19)12-2-3-13-11(10-12)4-7-17-13/h2-3,10,17H,4-9H2,1H3,(H,20,21). The molecule has 0 atom stereocenters. The number of anilines is 1. The van der Waals surface area contributed by atoms with Crippen molar-refractivity contribution in [3.8, 4) is 0 Å². The van der Waals surface area contributed by atoms with E-state index in [1.165, 1.54) is 5.56 Å². The van der Waals surface area contributed by atoms with E-state index < -0.39 is 11.4 Å². The van der Waals surface area contributed by atoms with Crippen LogP contribution in [0, 0.1) is 5.41 Å². The number of benzene rings is 1. The Morgan fingerprint density at radius 1 is 1.29 bits per heavy atom. The van der Waals surface area contributed by atoms with E-state index in [1.807, 2.05) is 18.2 Å². The zero-order valence-electron chi connectivity index (χ0n) is 12.2. The van der Waals surface area contributed by atoms with E-state index in [9.17, 15) is 14.7 Å². The van der Waals surface area contributed by atoms with Crippen LogP contribution in [0.3, 0.4) is 0 Å². The molecule has 1 aromatic carbocycles. The molecule has 21 heavy (non-hydrogen) atoms. The van der Waals surface area contributed by atoms with Gasteiger partial charge in [0.15, 0.2) is 0 Å². The van der Waals surface area contributed by atoms with Gasteiger partial charge in [0.05, 0.1) is 5.41 Å². The van der Waals surface area contributed by atoms with Crippen LogP contribution in [-0.4, -0.2) is 41.5 Å². The molecule has 0 saturated carbocycles. The predicted octanol–water partition coefficient (Wildman–Crippen LogP) is 1.98. The second kappa shape index (κ2) is 5.06. The van der Waals surface area contributed by atoms with Gasteiger partial charge in [-0.25, -0.2) is 0 Å². The minimum atomic E-state index is -0.766. The minimum absolute atomic E-state index is 0.0112. The van der Waals surface area contributed by atoms with E-state index >= 15 is 0 Å². The van der Waals surface area contributed by atoms with Crippen molar-refractivity contribution in [2.75, 3.05) is 25.0 Å². The first-order valence-electron chi connectivity index (χ1n) is 7.39. The Labute approximate surface area is 123 Å². The molecule has 1 aromatic rings. The van der Waals surface area contributed by atoms with Crippen LogP contribution in [-0.2, 0) is 11.2 Å². The molecule has 0 aliphatic carbocycles. The SMILES string of the molecule is CC1(C(=O)O)CCN(C(=O)c2ccc3c(c2)CCN3)CC1. The van der Waals surface area contributed by atoms with Gasteiger partial charge in [-0.3, -0.25) is 9.59 Å². The maximum absolute atomic E-state index is 12.5. The number of fused-ring (bicyclic) bond motifs is 1. The molecule has 2 N–H and O–H groups in total. The summed E-state index contributed by atoms with van der Waals surface area (Å²) >= 11 is 0. The monoisotopic (exact) mass is 288 g/mol. The lowest BCUT2D eigenvalue weighted by molar-refractivity contribution is -0.150. The third kappa shape index (κ3) is 2.48. The second-order valence-electron chi connectivity index (χ2n) is 6.21. The molecule has 5 heteroatoms. The number of hydrogen-bond donors (Lipinski definition) is 2. The molecule has 1 fully saturated rings. The largest absolute Gasteiger partial charge is 0.481 e. The zero-order chi connectivity index (χ0) is 15.0. The van der Waals surface area contributed by atoms with E-state index in [2.05, 4.69) is 5.32 Å². The van der Waals surface area contributed by atoms with Gasteiger partial charge >= 0.3 is 5.97 Å². The first kappa shape index (κ1) is 13.9. The number of carbonyl (C=O) groups excluding carboxylic acids is 1. The Morgan fingerprint density at radius 3 is 2.67 bits per heavy atom. The van der Waals surface area contributed by atoms with Gasteiger partial charge in [0.1, 0.15) is 0 Å². The van der Waals surface area contributed by atoms with Crippen molar-refractivity contribution < 1.29 is 14.7 Å². The van der Waals surface area contributed by atoms with Gasteiger partial charge in [0.2, 0.25) is 0 Å². The number of hydrogen-bond acceptors (Lipinski definition) is 3. The summed E-state index contributed by atoms with van der Waals surface area (Å²) in [6.45, 7) is 3.71. The van der Waals surface area contributed by atoms with Gasteiger partial charge in [0.25, 0.3) is 5.91 Å². The number of nitrogens with one attached hydrogen (secondary N) is 1. The van der Waals surface area contributed by atoms with Crippen molar-refractivity contribution in [2.45, 2.75) is 26.2 Å². The lowest BCUT2D eigenvalue weighted by Gasteiger charge is -2.36. The van der Waals surface area contributed by atoms with Gasteiger partial charge in [-0.1, -0.05) is 0 Å². The second-order valence-corrected chi connectivity index (χ2v) is 6.21. The summed E-state index contributed by atoms with van der Waals surface area (Å²) in [7, 11) is 0. The lowest BCUT2D eigenvalue weighted by atomic mass is 9.80. The summed E-state index contributed by atoms with van der Waals surface area (Å²) in [5, 5.41) is 12.5. The molecule has 2 aliphatic rings. The molecule has 0 radical (unpaired) electrons. The lowest BCUT2D eigenvalue weighted by Crippen LogP contribution is -2.45. The molecule has 0 bridgehead atoms. The molecule has 2 heterocycles. The van der Waals surface area contributed by atoms with Gasteiger partial charge < -0.3 is 15.3 Å². The van der Waals surface area contributed by atoms with Gasteiger partial charge in [-0.05, 0) is 49.9 Å². The normalized spacial score (nSPS) is 19.8. The van der Waals surface area contributed by atoms with Crippen LogP contribution in [0.2, 0.25) is 0 Å². The maximum Gasteiger partial charge on any atom is 0.309 e. The average molecular weight is 288 g/mol. The Kier molecular flexibility index (Phi) is 3.35. The summed E-state index contributed by atoms with van der Waals surface area (Å²) in [5.74, 6) is -0.754. The summed E-state index contributed by atoms with van der Waals surface area (Å²) in [6.07, 6.45) is 1.98. The molecule has 1 saturated heterocycles. The Balaban J connectivity index is 1.71. The van der Waals surface area contributed by atoms with Crippen molar-refractivity contribution >= 4 is 17.6 Å². The van der Waals surface area contributed by atoms with Crippen molar-refractivity contribution in [1.29, 1.82) is 0 Å². The van der Waals surface area contributed by atoms with Gasteiger partial charge in [0, 0.05) is 30.9 Å². The smallest absolute Gasteiger partial charge is 0.309 e. The molecule has 0 spiro atoms. The fourth-order valence-electron chi connectivity index (χ4n) is 3.04. The highest BCUT2D eigenvalue weighted by molar-refractivity contribution is 5.95. The highest BCUT2D eigenvalue weighted by Crippen LogP contribution is 2.32. The van der Waals surface area contributed by atoms with Crippen LogP contribution in [0.25, 0.3) is 0 Å². The molecule has 3 rings (SSSR count). The minimum Gasteiger partial charge on any atom is -0.481 e. The number of likely N-dealkylation sites (tertiary alicyclic amines) is 1. The quantitative estimate of drug-likeness (QED) is 0.873. The number of rotatable bonds is 2. The highest BCUT2D eigenvalue weighted by atomic mass is 16.4. The third-order valence-corrected chi connectivity index (χ3v) is 4.73. The van der Waals surface area contributed by atoms with Crippen LogP contribution in [0.5, 0.6) is 0 Å². The molecule has 0 unspecified atom stereocenters. The molecule has 2 aliphatic heterocycles. The number of aliphatic carboxylic acids is 1. The van der Waals surface area contributed by atoms with Crippen molar-refractivity contribution in [3.63, 3.8) is 0 Å². The van der Waals surface area contributed by atoms with Crippen LogP contribution < -0.4 is 5.32 Å². The third-order valence-electron chi connectivity index (χ3n) is 4.73. The van der Waals surface area contributed by atoms with E-state index in [1.54, 1.807) is 11.8 Å². The summed E-state index contributed by atoms with van der Waals surface area (Å²) < 4.78 is 0. The van der Waals surface area contributed by atoms with E-state index in [4.69, 9.17) is 0 Å². The van der Waals surface area contributed by atoms with E-state index in [-0.39, 0.29) is 5.91 Å². The number of carbonyl (C=O) groups is 2. The first-order valence-corrected chi connectivity index (χ1v) is 7.39. The van der Waals surface area contributed by atoms with E-state index in [0.717, 1.165) is 18.7 Å². The first-order chi connectivity index (χ1) is 9.99. The fraction of sp³-hybridized carbons (Fsp3) is 0.500. The number of piperidine rings is 1. The van der Waals surface area contributed by atoms with Crippen LogP contribution in [0.15, 0.2) is 18.2 Å². The summed E-state index contributed by atoms with van der Waals surface area (Å²) in [6, 6.07) is 5.77. The van der Waals surface area contributed by atoms with Crippen molar-refractivity contribution in [2.24, 2.45) is 5.41 Å². The van der Waals surface area contributed by atoms with Gasteiger partial charge in [-0.15, -0.1) is 0 Å². The van der Waals surface area contributed by atoms with Gasteiger partial charge in [-0.2, -0.15) is 0 Å².